The third-order valence-corrected chi connectivity index (χ3v) is 4.60. The minimum absolute atomic E-state index is 0.108. The van der Waals surface area contributed by atoms with E-state index in [2.05, 4.69) is 5.32 Å². The van der Waals surface area contributed by atoms with E-state index in [9.17, 15) is 8.78 Å². The maximum atomic E-state index is 14.4. The van der Waals surface area contributed by atoms with Crippen LogP contribution in [0.15, 0.2) is 30.3 Å². The van der Waals surface area contributed by atoms with Crippen molar-refractivity contribution in [1.29, 1.82) is 0 Å². The molecule has 0 bridgehead atoms. The predicted octanol–water partition coefficient (Wildman–Crippen LogP) is 2.51. The number of hydrogen-bond donors (Lipinski definition) is 1. The molecule has 2 fully saturated rings. The summed E-state index contributed by atoms with van der Waals surface area (Å²) in [7, 11) is 0. The Morgan fingerprint density at radius 2 is 1.95 bits per heavy atom. The first-order valence-electron chi connectivity index (χ1n) is 6.96. The number of nitrogens with one attached hydrogen (secondary N) is 1. The summed E-state index contributed by atoms with van der Waals surface area (Å²) < 4.78 is 28.9. The molecule has 0 saturated carbocycles. The van der Waals surface area contributed by atoms with Gasteiger partial charge in [0.25, 0.3) is 5.92 Å². The number of halogens is 2. The summed E-state index contributed by atoms with van der Waals surface area (Å²) in [4.78, 5) is 1.89. The molecule has 0 amide bonds. The normalized spacial score (nSPS) is 30.8. The molecule has 1 spiro atoms. The van der Waals surface area contributed by atoms with Gasteiger partial charge in [-0.2, -0.15) is 0 Å². The van der Waals surface area contributed by atoms with Gasteiger partial charge in [-0.1, -0.05) is 30.3 Å². The molecular formula is C15H20F2N2. The topological polar surface area (TPSA) is 15.3 Å². The fraction of sp³-hybridized carbons (Fsp3) is 0.600. The number of benzene rings is 1. The van der Waals surface area contributed by atoms with Gasteiger partial charge in [-0.25, -0.2) is 8.78 Å². The summed E-state index contributed by atoms with van der Waals surface area (Å²) in [5.74, 6) is -2.58. The monoisotopic (exact) mass is 266 g/mol. The van der Waals surface area contributed by atoms with Gasteiger partial charge in [0.2, 0.25) is 0 Å². The van der Waals surface area contributed by atoms with Crippen molar-refractivity contribution in [1.82, 2.24) is 10.2 Å². The Balaban J connectivity index is 1.69. The highest BCUT2D eigenvalue weighted by atomic mass is 19.3. The third-order valence-electron chi connectivity index (χ3n) is 4.60. The Hall–Kier alpha value is -1.00. The molecule has 1 unspecified atom stereocenters. The van der Waals surface area contributed by atoms with Crippen molar-refractivity contribution in [2.45, 2.75) is 25.3 Å². The average molecular weight is 266 g/mol. The van der Waals surface area contributed by atoms with Gasteiger partial charge in [0.05, 0.1) is 12.0 Å². The van der Waals surface area contributed by atoms with Crippen molar-refractivity contribution in [3.05, 3.63) is 35.9 Å². The van der Waals surface area contributed by atoms with E-state index in [1.165, 1.54) is 0 Å². The first-order valence-corrected chi connectivity index (χ1v) is 6.96. The molecule has 1 aromatic carbocycles. The maximum Gasteiger partial charge on any atom is 0.267 e. The molecule has 1 atom stereocenters. The fourth-order valence-corrected chi connectivity index (χ4v) is 3.33. The van der Waals surface area contributed by atoms with E-state index in [4.69, 9.17) is 0 Å². The highest BCUT2D eigenvalue weighted by Crippen LogP contribution is 2.47. The number of piperidine rings is 1. The highest BCUT2D eigenvalue weighted by Gasteiger charge is 2.57. The Morgan fingerprint density at radius 1 is 1.16 bits per heavy atom. The molecule has 2 aliphatic heterocycles. The molecule has 2 aliphatic rings. The highest BCUT2D eigenvalue weighted by molar-refractivity contribution is 5.15. The van der Waals surface area contributed by atoms with Crippen molar-refractivity contribution >= 4 is 0 Å². The molecular weight excluding hydrogens is 246 g/mol. The largest absolute Gasteiger partial charge is 0.316 e. The van der Waals surface area contributed by atoms with Crippen molar-refractivity contribution in [3.8, 4) is 0 Å². The van der Waals surface area contributed by atoms with Gasteiger partial charge < -0.3 is 5.32 Å². The maximum absolute atomic E-state index is 14.4. The lowest BCUT2D eigenvalue weighted by Crippen LogP contribution is -2.56. The zero-order valence-electron chi connectivity index (χ0n) is 11.0. The van der Waals surface area contributed by atoms with E-state index in [0.29, 0.717) is 25.9 Å². The molecule has 0 radical (unpaired) electrons. The van der Waals surface area contributed by atoms with Crippen molar-refractivity contribution < 1.29 is 8.78 Å². The van der Waals surface area contributed by atoms with Crippen LogP contribution in [0.2, 0.25) is 0 Å². The van der Waals surface area contributed by atoms with Gasteiger partial charge in [0.1, 0.15) is 0 Å². The lowest BCUT2D eigenvalue weighted by Gasteiger charge is -2.45. The van der Waals surface area contributed by atoms with E-state index in [1.54, 1.807) is 0 Å². The van der Waals surface area contributed by atoms with Crippen molar-refractivity contribution in [2.75, 3.05) is 26.2 Å². The van der Waals surface area contributed by atoms with E-state index < -0.39 is 11.3 Å². The Bertz CT molecular complexity index is 427. The van der Waals surface area contributed by atoms with Gasteiger partial charge in [0.15, 0.2) is 0 Å². The van der Waals surface area contributed by atoms with Crippen LogP contribution in [0, 0.1) is 5.41 Å². The second kappa shape index (κ2) is 4.84. The number of nitrogens with zero attached hydrogens (tertiary/aromatic N) is 1. The van der Waals surface area contributed by atoms with Gasteiger partial charge >= 0.3 is 0 Å². The number of hydrogen-bond acceptors (Lipinski definition) is 2. The number of alkyl halides is 2. The second-order valence-electron chi connectivity index (χ2n) is 5.86. The molecule has 0 aromatic heterocycles. The van der Waals surface area contributed by atoms with Crippen molar-refractivity contribution in [3.63, 3.8) is 0 Å². The molecule has 2 saturated heterocycles. The van der Waals surface area contributed by atoms with Crippen LogP contribution in [0.25, 0.3) is 0 Å². The van der Waals surface area contributed by atoms with Crippen LogP contribution >= 0.6 is 0 Å². The lowest BCUT2D eigenvalue weighted by molar-refractivity contribution is -0.162. The first kappa shape index (κ1) is 13.0. The van der Waals surface area contributed by atoms with Crippen LogP contribution in [-0.2, 0) is 6.54 Å². The van der Waals surface area contributed by atoms with Crippen LogP contribution in [0.4, 0.5) is 8.78 Å². The van der Waals surface area contributed by atoms with E-state index >= 15 is 0 Å². The third kappa shape index (κ3) is 2.39. The van der Waals surface area contributed by atoms with Crippen molar-refractivity contribution in [2.24, 2.45) is 5.41 Å². The van der Waals surface area contributed by atoms with Crippen LogP contribution in [0.5, 0.6) is 0 Å². The van der Waals surface area contributed by atoms with Gasteiger partial charge in [-0.05, 0) is 31.5 Å². The SMILES string of the molecule is FC1(F)CN(Cc2ccccc2)CCC12CCNC2. The lowest BCUT2D eigenvalue weighted by atomic mass is 9.74. The first-order chi connectivity index (χ1) is 9.11. The Labute approximate surface area is 112 Å². The molecule has 3 rings (SSSR count). The summed E-state index contributed by atoms with van der Waals surface area (Å²) in [5.41, 5.74) is 0.319. The van der Waals surface area contributed by atoms with Gasteiger partial charge in [-0.15, -0.1) is 0 Å². The molecule has 19 heavy (non-hydrogen) atoms. The van der Waals surface area contributed by atoms with Gasteiger partial charge in [0, 0.05) is 13.1 Å². The molecule has 1 N–H and O–H groups in total. The Morgan fingerprint density at radius 3 is 2.58 bits per heavy atom. The zero-order valence-corrected chi connectivity index (χ0v) is 11.0. The molecule has 0 aliphatic carbocycles. The minimum Gasteiger partial charge on any atom is -0.316 e. The Kier molecular flexibility index (Phi) is 3.31. The van der Waals surface area contributed by atoms with E-state index in [-0.39, 0.29) is 6.54 Å². The van der Waals surface area contributed by atoms with Crippen LogP contribution in [0.3, 0.4) is 0 Å². The predicted molar refractivity (Wildman–Crippen MR) is 71.2 cm³/mol. The average Bonchev–Trinajstić information content (AvgIpc) is 2.86. The minimum atomic E-state index is -2.58. The van der Waals surface area contributed by atoms with E-state index in [1.807, 2.05) is 35.2 Å². The standard InChI is InChI=1S/C15H20F2N2/c16-15(17)12-19(10-13-4-2-1-3-5-13)9-7-14(15)6-8-18-11-14/h1-5,18H,6-12H2. The molecule has 2 nitrogen and oxygen atoms in total. The summed E-state index contributed by atoms with van der Waals surface area (Å²) in [6, 6.07) is 9.87. The van der Waals surface area contributed by atoms with Crippen LogP contribution in [0.1, 0.15) is 18.4 Å². The van der Waals surface area contributed by atoms with E-state index in [0.717, 1.165) is 18.7 Å². The summed E-state index contributed by atoms with van der Waals surface area (Å²) in [6.07, 6.45) is 1.21. The summed E-state index contributed by atoms with van der Waals surface area (Å²) in [6.45, 7) is 2.49. The molecule has 1 aromatic rings. The molecule has 4 heteroatoms. The smallest absolute Gasteiger partial charge is 0.267 e. The summed E-state index contributed by atoms with van der Waals surface area (Å²) in [5, 5.41) is 3.10. The number of rotatable bonds is 2. The molecule has 2 heterocycles. The quantitative estimate of drug-likeness (QED) is 0.885. The zero-order chi connectivity index (χ0) is 13.3. The van der Waals surface area contributed by atoms with Crippen LogP contribution in [-0.4, -0.2) is 37.0 Å². The van der Waals surface area contributed by atoms with Crippen LogP contribution < -0.4 is 5.32 Å². The second-order valence-corrected chi connectivity index (χ2v) is 5.86. The van der Waals surface area contributed by atoms with Gasteiger partial charge in [-0.3, -0.25) is 4.90 Å². The number of likely N-dealkylation sites (tertiary alicyclic amines) is 1. The fourth-order valence-electron chi connectivity index (χ4n) is 3.33. The molecule has 104 valence electrons. The summed E-state index contributed by atoms with van der Waals surface area (Å²) >= 11 is 0.